The Morgan fingerprint density at radius 2 is 1.58 bits per heavy atom. The quantitative estimate of drug-likeness (QED) is 0.789. The fraction of sp³-hybridized carbons (Fsp3) is 0.222. The van der Waals surface area contributed by atoms with Crippen molar-refractivity contribution in [1.29, 1.82) is 0 Å². The number of nitrogens with zero attached hydrogens (tertiary/aromatic N) is 2. The molecule has 0 amide bonds. The third-order valence-corrected chi connectivity index (χ3v) is 5.12. The van der Waals surface area contributed by atoms with Crippen LogP contribution in [-0.2, 0) is 9.84 Å². The minimum atomic E-state index is -3.19. The third-order valence-electron chi connectivity index (χ3n) is 3.99. The number of hydrogen-bond acceptors (Lipinski definition) is 5. The standard InChI is InChI=1S/C18H19N3O2S/c1-11(2)18-17(19)15-9-6-13(10-16(15)20-21-18)12-4-7-14(8-5-12)24(3,22)23/h4-11H,1-3H3,(H2,19,20). The molecule has 2 N–H and O–H groups in total. The van der Waals surface area contributed by atoms with Gasteiger partial charge < -0.3 is 5.73 Å². The van der Waals surface area contributed by atoms with Gasteiger partial charge in [-0.05, 0) is 41.3 Å². The summed E-state index contributed by atoms with van der Waals surface area (Å²) < 4.78 is 23.1. The van der Waals surface area contributed by atoms with E-state index in [1.807, 2.05) is 32.0 Å². The zero-order chi connectivity index (χ0) is 17.5. The van der Waals surface area contributed by atoms with E-state index in [2.05, 4.69) is 10.2 Å². The maximum absolute atomic E-state index is 11.5. The average molecular weight is 341 g/mol. The second-order valence-corrected chi connectivity index (χ2v) is 8.20. The Labute approximate surface area is 141 Å². The Hall–Kier alpha value is -2.47. The van der Waals surface area contributed by atoms with Gasteiger partial charge in [-0.3, -0.25) is 0 Å². The molecule has 0 aliphatic heterocycles. The Kier molecular flexibility index (Phi) is 4.01. The molecule has 0 fully saturated rings. The van der Waals surface area contributed by atoms with Crippen molar-refractivity contribution in [3.8, 4) is 11.1 Å². The van der Waals surface area contributed by atoms with Gasteiger partial charge in [0.1, 0.15) is 0 Å². The summed E-state index contributed by atoms with van der Waals surface area (Å²) in [5, 5.41) is 9.39. The summed E-state index contributed by atoms with van der Waals surface area (Å²) in [7, 11) is -3.19. The highest BCUT2D eigenvalue weighted by Crippen LogP contribution is 2.30. The Morgan fingerprint density at radius 3 is 2.17 bits per heavy atom. The maximum Gasteiger partial charge on any atom is 0.175 e. The Balaban J connectivity index is 2.07. The minimum absolute atomic E-state index is 0.213. The zero-order valence-corrected chi connectivity index (χ0v) is 14.6. The molecule has 5 nitrogen and oxygen atoms in total. The second-order valence-electron chi connectivity index (χ2n) is 6.18. The van der Waals surface area contributed by atoms with E-state index >= 15 is 0 Å². The van der Waals surface area contributed by atoms with Gasteiger partial charge in [-0.2, -0.15) is 10.2 Å². The molecule has 1 heterocycles. The summed E-state index contributed by atoms with van der Waals surface area (Å²) >= 11 is 0. The predicted molar refractivity (Wildman–Crippen MR) is 96.6 cm³/mol. The van der Waals surface area contributed by atoms with Gasteiger partial charge >= 0.3 is 0 Å². The summed E-state index contributed by atoms with van der Waals surface area (Å²) in [5.41, 5.74) is 10.2. The molecule has 1 aromatic heterocycles. The monoisotopic (exact) mass is 341 g/mol. The van der Waals surface area contributed by atoms with Crippen molar-refractivity contribution in [3.05, 3.63) is 48.2 Å². The molecule has 0 bridgehead atoms. The van der Waals surface area contributed by atoms with Crippen molar-refractivity contribution >= 4 is 26.4 Å². The third kappa shape index (κ3) is 2.97. The molecule has 0 spiro atoms. The number of fused-ring (bicyclic) bond motifs is 1. The van der Waals surface area contributed by atoms with Crippen LogP contribution < -0.4 is 5.73 Å². The van der Waals surface area contributed by atoms with E-state index in [0.717, 1.165) is 27.7 Å². The number of aromatic nitrogens is 2. The van der Waals surface area contributed by atoms with Crippen molar-refractivity contribution < 1.29 is 8.42 Å². The smallest absolute Gasteiger partial charge is 0.175 e. The first kappa shape index (κ1) is 16.4. The molecule has 124 valence electrons. The lowest BCUT2D eigenvalue weighted by molar-refractivity contribution is 0.602. The maximum atomic E-state index is 11.5. The second kappa shape index (κ2) is 5.87. The first-order valence-electron chi connectivity index (χ1n) is 7.63. The molecule has 2 aromatic carbocycles. The van der Waals surface area contributed by atoms with E-state index in [0.29, 0.717) is 10.6 Å². The van der Waals surface area contributed by atoms with E-state index in [-0.39, 0.29) is 5.92 Å². The van der Waals surface area contributed by atoms with Crippen LogP contribution >= 0.6 is 0 Å². The van der Waals surface area contributed by atoms with Gasteiger partial charge in [0.2, 0.25) is 0 Å². The van der Waals surface area contributed by atoms with E-state index in [9.17, 15) is 8.42 Å². The number of rotatable bonds is 3. The zero-order valence-electron chi connectivity index (χ0n) is 13.8. The molecule has 3 rings (SSSR count). The van der Waals surface area contributed by atoms with Crippen LogP contribution in [0.2, 0.25) is 0 Å². The largest absolute Gasteiger partial charge is 0.397 e. The molecule has 24 heavy (non-hydrogen) atoms. The highest BCUT2D eigenvalue weighted by atomic mass is 32.2. The van der Waals surface area contributed by atoms with Crippen molar-refractivity contribution in [3.63, 3.8) is 0 Å². The van der Waals surface area contributed by atoms with Crippen molar-refractivity contribution in [1.82, 2.24) is 10.2 Å². The van der Waals surface area contributed by atoms with Gasteiger partial charge in [-0.1, -0.05) is 32.0 Å². The van der Waals surface area contributed by atoms with Crippen molar-refractivity contribution in [2.75, 3.05) is 12.0 Å². The van der Waals surface area contributed by atoms with E-state index < -0.39 is 9.84 Å². The van der Waals surface area contributed by atoms with Crippen molar-refractivity contribution in [2.45, 2.75) is 24.7 Å². The van der Waals surface area contributed by atoms with Crippen LogP contribution in [0.25, 0.3) is 22.0 Å². The van der Waals surface area contributed by atoms with Crippen LogP contribution in [0, 0.1) is 0 Å². The predicted octanol–water partition coefficient (Wildman–Crippen LogP) is 3.41. The lowest BCUT2D eigenvalue weighted by Crippen LogP contribution is -2.03. The van der Waals surface area contributed by atoms with Crippen LogP contribution in [0.15, 0.2) is 47.4 Å². The van der Waals surface area contributed by atoms with Crippen LogP contribution in [0.4, 0.5) is 5.69 Å². The molecule has 0 unspecified atom stereocenters. The molecular formula is C18H19N3O2S. The SMILES string of the molecule is CC(C)c1nnc2cc(-c3ccc(S(C)(=O)=O)cc3)ccc2c1N. The number of hydrogen-bond donors (Lipinski definition) is 1. The first-order valence-corrected chi connectivity index (χ1v) is 9.53. The topological polar surface area (TPSA) is 85.9 Å². The van der Waals surface area contributed by atoms with E-state index in [1.54, 1.807) is 24.3 Å². The normalized spacial score (nSPS) is 12.0. The summed E-state index contributed by atoms with van der Waals surface area (Å²) in [6, 6.07) is 12.6. The lowest BCUT2D eigenvalue weighted by Gasteiger charge is -2.11. The summed E-state index contributed by atoms with van der Waals surface area (Å²) in [6.07, 6.45) is 1.20. The Morgan fingerprint density at radius 1 is 0.958 bits per heavy atom. The van der Waals surface area contributed by atoms with Gasteiger partial charge in [0, 0.05) is 11.6 Å². The summed E-state index contributed by atoms with van der Waals surface area (Å²) in [5.74, 6) is 0.213. The fourth-order valence-electron chi connectivity index (χ4n) is 2.64. The van der Waals surface area contributed by atoms with Crippen LogP contribution in [0.1, 0.15) is 25.5 Å². The average Bonchev–Trinajstić information content (AvgIpc) is 2.54. The summed E-state index contributed by atoms with van der Waals surface area (Å²) in [6.45, 7) is 4.06. The molecule has 3 aromatic rings. The molecule has 0 aliphatic rings. The van der Waals surface area contributed by atoms with Gasteiger partial charge in [-0.15, -0.1) is 0 Å². The van der Waals surface area contributed by atoms with E-state index in [4.69, 9.17) is 5.73 Å². The number of benzene rings is 2. The Bertz CT molecular complexity index is 1010. The molecule has 0 radical (unpaired) electrons. The van der Waals surface area contributed by atoms with Gasteiger partial charge in [0.15, 0.2) is 9.84 Å². The number of nitrogens with two attached hydrogens (primary N) is 1. The van der Waals surface area contributed by atoms with Crippen molar-refractivity contribution in [2.24, 2.45) is 0 Å². The van der Waals surface area contributed by atoms with Crippen LogP contribution in [0.3, 0.4) is 0 Å². The van der Waals surface area contributed by atoms with Gasteiger partial charge in [0.05, 0.1) is 21.8 Å². The molecule has 0 atom stereocenters. The number of anilines is 1. The molecular weight excluding hydrogens is 322 g/mol. The highest BCUT2D eigenvalue weighted by Gasteiger charge is 2.12. The first-order chi connectivity index (χ1) is 11.3. The lowest BCUT2D eigenvalue weighted by atomic mass is 10.0. The molecule has 0 saturated heterocycles. The number of nitrogen functional groups attached to an aromatic ring is 1. The van der Waals surface area contributed by atoms with Gasteiger partial charge in [-0.25, -0.2) is 8.42 Å². The number of sulfone groups is 1. The minimum Gasteiger partial charge on any atom is -0.397 e. The molecule has 0 aliphatic carbocycles. The van der Waals surface area contributed by atoms with Crippen LogP contribution in [0.5, 0.6) is 0 Å². The fourth-order valence-corrected chi connectivity index (χ4v) is 3.27. The highest BCUT2D eigenvalue weighted by molar-refractivity contribution is 7.90. The molecule has 6 heteroatoms. The summed E-state index contributed by atoms with van der Waals surface area (Å²) in [4.78, 5) is 0.303. The van der Waals surface area contributed by atoms with Gasteiger partial charge in [0.25, 0.3) is 0 Å². The van der Waals surface area contributed by atoms with Crippen LogP contribution in [-0.4, -0.2) is 24.9 Å². The van der Waals surface area contributed by atoms with E-state index in [1.165, 1.54) is 6.26 Å². The molecule has 0 saturated carbocycles.